The van der Waals surface area contributed by atoms with Crippen molar-refractivity contribution in [2.75, 3.05) is 13.1 Å². The van der Waals surface area contributed by atoms with Gasteiger partial charge in [-0.3, -0.25) is 5.10 Å². The fourth-order valence-corrected chi connectivity index (χ4v) is 2.93. The number of aromatic nitrogens is 3. The first-order valence-electron chi connectivity index (χ1n) is 7.37. The van der Waals surface area contributed by atoms with Gasteiger partial charge in [-0.15, -0.1) is 0 Å². The van der Waals surface area contributed by atoms with Gasteiger partial charge in [-0.05, 0) is 31.8 Å². The molecular weight excluding hydrogens is 248 g/mol. The van der Waals surface area contributed by atoms with E-state index in [-0.39, 0.29) is 5.41 Å². The van der Waals surface area contributed by atoms with Crippen LogP contribution in [0.5, 0.6) is 0 Å². The number of nitrogens with zero attached hydrogens (tertiary/aromatic N) is 2. The van der Waals surface area contributed by atoms with Crippen LogP contribution in [0.3, 0.4) is 0 Å². The quantitative estimate of drug-likeness (QED) is 0.901. The van der Waals surface area contributed by atoms with E-state index in [9.17, 15) is 0 Å². The molecule has 1 aromatic heterocycles. The number of aromatic amines is 1. The fraction of sp³-hybridized carbons (Fsp3) is 0.500. The van der Waals surface area contributed by atoms with Crippen LogP contribution in [0.1, 0.15) is 32.5 Å². The molecule has 20 heavy (non-hydrogen) atoms. The molecule has 0 bridgehead atoms. The van der Waals surface area contributed by atoms with E-state index in [2.05, 4.69) is 29.4 Å². The third-order valence-electron chi connectivity index (χ3n) is 4.45. The first-order valence-corrected chi connectivity index (χ1v) is 7.37. The molecule has 2 N–H and O–H groups in total. The number of hydrogen-bond acceptors (Lipinski definition) is 3. The van der Waals surface area contributed by atoms with Crippen LogP contribution >= 0.6 is 0 Å². The van der Waals surface area contributed by atoms with Crippen LogP contribution in [0.15, 0.2) is 30.3 Å². The number of nitrogens with one attached hydrogen (secondary N) is 2. The maximum absolute atomic E-state index is 4.73. The van der Waals surface area contributed by atoms with Gasteiger partial charge < -0.3 is 5.32 Å². The SMILES string of the molecule is CC(C)(c1nc(-c2ccccc2)n[nH]1)C1CCCNC1. The highest BCUT2D eigenvalue weighted by Gasteiger charge is 2.35. The van der Waals surface area contributed by atoms with Gasteiger partial charge in [0.05, 0.1) is 0 Å². The van der Waals surface area contributed by atoms with Crippen LogP contribution in [0.25, 0.3) is 11.4 Å². The summed E-state index contributed by atoms with van der Waals surface area (Å²) in [7, 11) is 0. The van der Waals surface area contributed by atoms with E-state index in [1.165, 1.54) is 12.8 Å². The van der Waals surface area contributed by atoms with Gasteiger partial charge in [0, 0.05) is 11.0 Å². The van der Waals surface area contributed by atoms with E-state index in [1.54, 1.807) is 0 Å². The summed E-state index contributed by atoms with van der Waals surface area (Å²) in [6, 6.07) is 10.1. The Morgan fingerprint density at radius 1 is 1.20 bits per heavy atom. The molecule has 1 fully saturated rings. The molecule has 1 aliphatic heterocycles. The minimum atomic E-state index is 0.0213. The minimum absolute atomic E-state index is 0.0213. The predicted octanol–water partition coefficient (Wildman–Crippen LogP) is 2.75. The average Bonchev–Trinajstić information content (AvgIpc) is 3.00. The highest BCUT2D eigenvalue weighted by atomic mass is 15.2. The van der Waals surface area contributed by atoms with Crippen molar-refractivity contribution in [1.29, 1.82) is 0 Å². The van der Waals surface area contributed by atoms with Crippen molar-refractivity contribution in [2.45, 2.75) is 32.1 Å². The summed E-state index contributed by atoms with van der Waals surface area (Å²) in [6.07, 6.45) is 2.50. The maximum atomic E-state index is 4.73. The smallest absolute Gasteiger partial charge is 0.181 e. The molecule has 4 heteroatoms. The summed E-state index contributed by atoms with van der Waals surface area (Å²) >= 11 is 0. The standard InChI is InChI=1S/C16H22N4/c1-16(2,13-9-6-10-17-11-13)15-18-14(19-20-15)12-7-4-3-5-8-12/h3-5,7-8,13,17H,6,9-11H2,1-2H3,(H,18,19,20). The molecule has 1 atom stereocenters. The molecule has 0 amide bonds. The molecule has 4 nitrogen and oxygen atoms in total. The van der Waals surface area contributed by atoms with Crippen molar-refractivity contribution in [2.24, 2.45) is 5.92 Å². The van der Waals surface area contributed by atoms with Crippen LogP contribution in [0.2, 0.25) is 0 Å². The van der Waals surface area contributed by atoms with E-state index in [1.807, 2.05) is 30.3 Å². The third kappa shape index (κ3) is 2.48. The zero-order valence-corrected chi connectivity index (χ0v) is 12.2. The molecule has 2 heterocycles. The summed E-state index contributed by atoms with van der Waals surface area (Å²) in [5, 5.41) is 11.0. The summed E-state index contributed by atoms with van der Waals surface area (Å²) in [4.78, 5) is 4.73. The number of H-pyrrole nitrogens is 1. The van der Waals surface area contributed by atoms with Gasteiger partial charge in [0.15, 0.2) is 5.82 Å². The number of hydrogen-bond donors (Lipinski definition) is 2. The van der Waals surface area contributed by atoms with Crippen molar-refractivity contribution in [3.63, 3.8) is 0 Å². The Hall–Kier alpha value is -1.68. The maximum Gasteiger partial charge on any atom is 0.181 e. The first kappa shape index (κ1) is 13.3. The van der Waals surface area contributed by atoms with Gasteiger partial charge in [-0.25, -0.2) is 4.98 Å². The minimum Gasteiger partial charge on any atom is -0.316 e. The van der Waals surface area contributed by atoms with Crippen molar-refractivity contribution in [3.8, 4) is 11.4 Å². The molecule has 0 radical (unpaired) electrons. The molecule has 106 valence electrons. The molecule has 0 saturated carbocycles. The Balaban J connectivity index is 1.85. The normalized spacial score (nSPS) is 20.0. The summed E-state index contributed by atoms with van der Waals surface area (Å²) in [5.74, 6) is 2.38. The molecule has 0 aliphatic carbocycles. The summed E-state index contributed by atoms with van der Waals surface area (Å²) < 4.78 is 0. The zero-order valence-electron chi connectivity index (χ0n) is 12.2. The molecular formula is C16H22N4. The number of benzene rings is 1. The Morgan fingerprint density at radius 2 is 2.00 bits per heavy atom. The summed E-state index contributed by atoms with van der Waals surface area (Å²) in [5.41, 5.74) is 1.08. The van der Waals surface area contributed by atoms with Crippen LogP contribution in [0.4, 0.5) is 0 Å². The van der Waals surface area contributed by atoms with Crippen molar-refractivity contribution in [3.05, 3.63) is 36.2 Å². The largest absolute Gasteiger partial charge is 0.316 e. The van der Waals surface area contributed by atoms with Gasteiger partial charge in [-0.1, -0.05) is 44.2 Å². The second kappa shape index (κ2) is 5.37. The number of piperidine rings is 1. The monoisotopic (exact) mass is 270 g/mol. The highest BCUT2D eigenvalue weighted by molar-refractivity contribution is 5.54. The Bertz CT molecular complexity index is 553. The molecule has 2 aromatic rings. The lowest BCUT2D eigenvalue weighted by Gasteiger charge is -2.35. The van der Waals surface area contributed by atoms with E-state index >= 15 is 0 Å². The Kier molecular flexibility index (Phi) is 3.57. The van der Waals surface area contributed by atoms with E-state index < -0.39 is 0 Å². The van der Waals surface area contributed by atoms with Gasteiger partial charge in [0.25, 0.3) is 0 Å². The lowest BCUT2D eigenvalue weighted by Crippen LogP contribution is -2.41. The second-order valence-electron chi connectivity index (χ2n) is 6.14. The Labute approximate surface area is 120 Å². The van der Waals surface area contributed by atoms with Crippen molar-refractivity contribution < 1.29 is 0 Å². The molecule has 0 spiro atoms. The van der Waals surface area contributed by atoms with Crippen LogP contribution in [-0.2, 0) is 5.41 Å². The predicted molar refractivity (Wildman–Crippen MR) is 80.4 cm³/mol. The summed E-state index contributed by atoms with van der Waals surface area (Å²) in [6.45, 7) is 6.73. The fourth-order valence-electron chi connectivity index (χ4n) is 2.93. The topological polar surface area (TPSA) is 53.6 Å². The molecule has 1 saturated heterocycles. The van der Waals surface area contributed by atoms with Crippen LogP contribution in [0, 0.1) is 5.92 Å². The van der Waals surface area contributed by atoms with E-state index in [0.717, 1.165) is 30.3 Å². The molecule has 3 rings (SSSR count). The van der Waals surface area contributed by atoms with Gasteiger partial charge >= 0.3 is 0 Å². The van der Waals surface area contributed by atoms with Gasteiger partial charge in [0.1, 0.15) is 5.82 Å². The first-order chi connectivity index (χ1) is 9.68. The molecule has 1 unspecified atom stereocenters. The van der Waals surface area contributed by atoms with Crippen molar-refractivity contribution in [1.82, 2.24) is 20.5 Å². The zero-order chi connectivity index (χ0) is 14.0. The average molecular weight is 270 g/mol. The highest BCUT2D eigenvalue weighted by Crippen LogP contribution is 2.34. The Morgan fingerprint density at radius 3 is 2.70 bits per heavy atom. The van der Waals surface area contributed by atoms with Gasteiger partial charge in [0.2, 0.25) is 0 Å². The molecule has 1 aromatic carbocycles. The van der Waals surface area contributed by atoms with Gasteiger partial charge in [-0.2, -0.15) is 5.10 Å². The van der Waals surface area contributed by atoms with E-state index in [4.69, 9.17) is 4.98 Å². The third-order valence-corrected chi connectivity index (χ3v) is 4.45. The van der Waals surface area contributed by atoms with Crippen LogP contribution in [-0.4, -0.2) is 28.3 Å². The second-order valence-corrected chi connectivity index (χ2v) is 6.14. The van der Waals surface area contributed by atoms with E-state index in [0.29, 0.717) is 5.92 Å². The molecule has 1 aliphatic rings. The lowest BCUT2D eigenvalue weighted by molar-refractivity contribution is 0.242. The van der Waals surface area contributed by atoms with Crippen LogP contribution < -0.4 is 5.32 Å². The van der Waals surface area contributed by atoms with Crippen molar-refractivity contribution >= 4 is 0 Å². The lowest BCUT2D eigenvalue weighted by atomic mass is 9.74. The number of rotatable bonds is 3.